The molecule has 0 heterocycles. The van der Waals surface area contributed by atoms with Crippen LogP contribution in [0.5, 0.6) is 11.5 Å². The summed E-state index contributed by atoms with van der Waals surface area (Å²) in [6, 6.07) is 81.5. The second-order valence-corrected chi connectivity index (χ2v) is 24.4. The average Bonchev–Trinajstić information content (AvgIpc) is 3.36. The fraction of sp³-hybridized carbons (Fsp3) is 0.167. The van der Waals surface area contributed by atoms with Crippen LogP contribution < -0.4 is 63.1 Å². The number of benzene rings is 8. The second kappa shape index (κ2) is 28.9. The molecule has 0 saturated carbocycles. The van der Waals surface area contributed by atoms with Crippen molar-refractivity contribution in [3.05, 3.63) is 231 Å². The largest absolute Gasteiger partial charge is 2.00 e. The third-order valence-electron chi connectivity index (χ3n) is 10.2. The predicted molar refractivity (Wildman–Crippen MR) is 292 cm³/mol. The van der Waals surface area contributed by atoms with Crippen LogP contribution in [0.4, 0.5) is 0 Å². The summed E-state index contributed by atoms with van der Waals surface area (Å²) in [5.74, 6) is -0.209. The monoisotopic (exact) mass is 1070 g/mol. The van der Waals surface area contributed by atoms with Crippen molar-refractivity contribution in [2.75, 3.05) is 12.7 Å². The van der Waals surface area contributed by atoms with Gasteiger partial charge >= 0.3 is 19.5 Å². The maximum absolute atomic E-state index is 9.91. The van der Waals surface area contributed by atoms with Gasteiger partial charge in [-0.15, -0.1) is 0 Å². The summed E-state index contributed by atoms with van der Waals surface area (Å²) in [5.41, 5.74) is 4.33. The third kappa shape index (κ3) is 17.7. The Morgan fingerprint density at radius 1 is 0.400 bits per heavy atom. The number of carboxylic acids is 2. The number of carboxylic acid groups (broad SMARTS) is 2. The molecule has 360 valence electrons. The fourth-order valence-electron chi connectivity index (χ4n) is 6.49. The average molecular weight is 1070 g/mol. The summed E-state index contributed by atoms with van der Waals surface area (Å²) in [7, 11) is -1.87. The zero-order chi connectivity index (χ0) is 49.7. The number of rotatable bonds is 12. The molecule has 8 aromatic rings. The van der Waals surface area contributed by atoms with E-state index in [1.165, 1.54) is 42.4 Å². The molecule has 0 aliphatic carbocycles. The Kier molecular flexibility index (Phi) is 23.5. The van der Waals surface area contributed by atoms with Gasteiger partial charge in [-0.1, -0.05) is 260 Å². The summed E-state index contributed by atoms with van der Waals surface area (Å²) in [4.78, 5) is 19.8. The molecule has 0 atom stereocenters. The van der Waals surface area contributed by atoms with Gasteiger partial charge in [0.25, 0.3) is 0 Å². The van der Waals surface area contributed by atoms with Crippen LogP contribution in [-0.2, 0) is 29.1 Å². The summed E-state index contributed by atoms with van der Waals surface area (Å²) in [6.07, 6.45) is 1.06. The molecule has 0 fully saturated rings. The number of hydrogen-bond acceptors (Lipinski definition) is 6. The molecule has 0 radical (unpaired) electrons. The van der Waals surface area contributed by atoms with Crippen LogP contribution in [-0.4, -0.2) is 24.6 Å². The topological polar surface area (TPSA) is 116 Å². The molecular formula is C60H62NO5P3Ru. The van der Waals surface area contributed by atoms with Gasteiger partial charge in [-0.05, 0) is 80.4 Å². The normalized spacial score (nSPS) is 10.8. The Balaban J connectivity index is 0.000000281. The quantitative estimate of drug-likeness (QED) is 0.0969. The third-order valence-corrected chi connectivity index (χ3v) is 17.7. The molecule has 6 nitrogen and oxygen atoms in total. The Morgan fingerprint density at radius 3 is 0.843 bits per heavy atom. The Morgan fingerprint density at radius 2 is 0.614 bits per heavy atom. The van der Waals surface area contributed by atoms with E-state index in [4.69, 9.17) is 10.5 Å². The molecule has 0 amide bonds. The Hall–Kier alpha value is -5.63. The molecule has 0 spiro atoms. The van der Waals surface area contributed by atoms with Crippen LogP contribution in [0.3, 0.4) is 0 Å². The van der Waals surface area contributed by atoms with Crippen molar-refractivity contribution in [2.24, 2.45) is 16.6 Å². The first-order valence-corrected chi connectivity index (χ1v) is 27.1. The zero-order valence-corrected chi connectivity index (χ0v) is 45.1. The first-order chi connectivity index (χ1) is 33.2. The van der Waals surface area contributed by atoms with Gasteiger partial charge in [0.2, 0.25) is 0 Å². The SMILES string of the molecule is CC(C)(C)C(=O)[O-].CC(C)(C)C(=O)[O-].NCCP(c1ccccc1)c1ccccc1.[Ru+2].c1ccc(P(c2ccccc2)c2ccccc2Oc2ccccc2P(c2ccccc2)c2ccccc2)cc1. The number of para-hydroxylation sites is 2. The fourth-order valence-corrected chi connectivity index (χ4v) is 13.4. The number of nitrogens with two attached hydrogens (primary N) is 1. The molecule has 0 aliphatic heterocycles. The number of aliphatic carboxylic acids is 2. The van der Waals surface area contributed by atoms with Crippen LogP contribution in [0.2, 0.25) is 0 Å². The van der Waals surface area contributed by atoms with E-state index in [1.807, 2.05) is 0 Å². The van der Waals surface area contributed by atoms with Gasteiger partial charge in [0, 0.05) is 33.4 Å². The van der Waals surface area contributed by atoms with E-state index in [1.54, 1.807) is 41.5 Å². The molecule has 10 heteroatoms. The molecule has 8 rings (SSSR count). The summed E-state index contributed by atoms with van der Waals surface area (Å²) in [5, 5.41) is 30.3. The maximum Gasteiger partial charge on any atom is 2.00 e. The van der Waals surface area contributed by atoms with Crippen LogP contribution >= 0.6 is 23.8 Å². The van der Waals surface area contributed by atoms with E-state index in [9.17, 15) is 19.8 Å². The van der Waals surface area contributed by atoms with Crippen molar-refractivity contribution < 1.29 is 44.0 Å². The first-order valence-electron chi connectivity index (χ1n) is 22.9. The molecule has 0 aliphatic rings. The Labute approximate surface area is 432 Å². The van der Waals surface area contributed by atoms with Crippen molar-refractivity contribution in [2.45, 2.75) is 41.5 Å². The first kappa shape index (κ1) is 57.0. The second-order valence-electron chi connectivity index (χ2n) is 17.7. The molecule has 0 saturated heterocycles. The Bertz CT molecular complexity index is 2470. The molecule has 70 heavy (non-hydrogen) atoms. The molecule has 0 bridgehead atoms. The molecular weight excluding hydrogens is 1010 g/mol. The van der Waals surface area contributed by atoms with E-state index < -0.39 is 38.6 Å². The minimum Gasteiger partial charge on any atom is -0.550 e. The molecule has 8 aromatic carbocycles. The van der Waals surface area contributed by atoms with Crippen LogP contribution in [0.25, 0.3) is 0 Å². The van der Waals surface area contributed by atoms with Crippen LogP contribution in [0, 0.1) is 10.8 Å². The van der Waals surface area contributed by atoms with E-state index in [0.717, 1.165) is 24.2 Å². The van der Waals surface area contributed by atoms with Gasteiger partial charge in [-0.2, -0.15) is 0 Å². The summed E-state index contributed by atoms with van der Waals surface area (Å²) < 4.78 is 6.92. The van der Waals surface area contributed by atoms with Crippen molar-refractivity contribution in [1.82, 2.24) is 0 Å². The van der Waals surface area contributed by atoms with Crippen LogP contribution in [0.15, 0.2) is 231 Å². The van der Waals surface area contributed by atoms with Crippen molar-refractivity contribution >= 4 is 78.1 Å². The molecule has 2 N–H and O–H groups in total. The van der Waals surface area contributed by atoms with E-state index >= 15 is 0 Å². The van der Waals surface area contributed by atoms with E-state index in [0.29, 0.717) is 0 Å². The van der Waals surface area contributed by atoms with Crippen LogP contribution in [0.1, 0.15) is 41.5 Å². The van der Waals surface area contributed by atoms with Crippen molar-refractivity contribution in [3.63, 3.8) is 0 Å². The van der Waals surface area contributed by atoms with Gasteiger partial charge < -0.3 is 30.3 Å². The number of carbonyl (C=O) groups excluding carboxylic acids is 2. The van der Waals surface area contributed by atoms with Gasteiger partial charge in [0.1, 0.15) is 11.5 Å². The molecule has 0 aromatic heterocycles. The van der Waals surface area contributed by atoms with E-state index in [2.05, 4.69) is 231 Å². The minimum absolute atomic E-state index is 0. The number of ether oxygens (including phenoxy) is 1. The minimum atomic E-state index is -1.01. The summed E-state index contributed by atoms with van der Waals surface area (Å²) >= 11 is 0. The van der Waals surface area contributed by atoms with Gasteiger partial charge in [0.15, 0.2) is 0 Å². The van der Waals surface area contributed by atoms with Gasteiger partial charge in [-0.25, -0.2) is 0 Å². The molecule has 0 unspecified atom stereocenters. The van der Waals surface area contributed by atoms with E-state index in [-0.39, 0.29) is 27.4 Å². The maximum atomic E-state index is 9.91. The number of carbonyl (C=O) groups is 2. The zero-order valence-electron chi connectivity index (χ0n) is 40.7. The number of hydrogen-bond donors (Lipinski definition) is 1. The smallest absolute Gasteiger partial charge is 0.550 e. The predicted octanol–water partition coefficient (Wildman–Crippen LogP) is 8.64. The van der Waals surface area contributed by atoms with Crippen molar-refractivity contribution in [3.8, 4) is 11.5 Å². The van der Waals surface area contributed by atoms with Gasteiger partial charge in [0.05, 0.1) is 0 Å². The standard InChI is InChI=1S/C36H28OP2.C14H16NP.2C5H10O2.Ru/c1-5-17-29(18-6-1)38(30-19-7-2-8-20-30)35-27-15-13-25-33(35)37-34-26-14-16-28-36(34)39(31-21-9-3-10-22-31)32-23-11-4-12-24-32;15-11-12-16(13-7-3-1-4-8-13)14-9-5-2-6-10-14;2*1-5(2,3)4(6)7;/h1-28H;1-10H,11-12,15H2;2*1-3H3,(H,6,7);/q;;;;+2/p-2. The van der Waals surface area contributed by atoms with Gasteiger partial charge in [-0.3, -0.25) is 0 Å². The van der Waals surface area contributed by atoms with Crippen molar-refractivity contribution in [1.29, 1.82) is 0 Å². The summed E-state index contributed by atoms with van der Waals surface area (Å²) in [6.45, 7) is 10.3.